The molecule has 0 amide bonds. The van der Waals surface area contributed by atoms with Crippen molar-refractivity contribution in [3.8, 4) is 5.69 Å². The van der Waals surface area contributed by atoms with Crippen LogP contribution in [0, 0.1) is 13.8 Å². The summed E-state index contributed by atoms with van der Waals surface area (Å²) in [5.41, 5.74) is 2.10. The van der Waals surface area contributed by atoms with Gasteiger partial charge in [0.1, 0.15) is 11.6 Å². The molecule has 1 aliphatic carbocycles. The van der Waals surface area contributed by atoms with E-state index < -0.39 is 0 Å². The molecule has 0 radical (unpaired) electrons. The SMILES string of the molecule is Cc1cn(-c2ccc(NC3CCCC3)nc2)c(C)n1. The van der Waals surface area contributed by atoms with Crippen LogP contribution in [0.5, 0.6) is 0 Å². The predicted molar refractivity (Wildman–Crippen MR) is 76.7 cm³/mol. The van der Waals surface area contributed by atoms with E-state index in [-0.39, 0.29) is 0 Å². The van der Waals surface area contributed by atoms with Crippen molar-refractivity contribution in [3.05, 3.63) is 36.0 Å². The molecule has 2 aromatic rings. The third-order valence-corrected chi connectivity index (χ3v) is 3.74. The first-order valence-corrected chi connectivity index (χ1v) is 6.98. The van der Waals surface area contributed by atoms with E-state index in [0.29, 0.717) is 6.04 Å². The van der Waals surface area contributed by atoms with E-state index in [1.807, 2.05) is 26.2 Å². The van der Waals surface area contributed by atoms with Gasteiger partial charge in [-0.15, -0.1) is 0 Å². The summed E-state index contributed by atoms with van der Waals surface area (Å²) in [6, 6.07) is 4.76. The lowest BCUT2D eigenvalue weighted by atomic mass is 10.2. The van der Waals surface area contributed by atoms with Gasteiger partial charge in [-0.25, -0.2) is 9.97 Å². The van der Waals surface area contributed by atoms with E-state index in [1.165, 1.54) is 25.7 Å². The monoisotopic (exact) mass is 256 g/mol. The Labute approximate surface area is 113 Å². The average Bonchev–Trinajstić information content (AvgIpc) is 3.00. The lowest BCUT2D eigenvalue weighted by Gasteiger charge is -2.13. The van der Waals surface area contributed by atoms with E-state index >= 15 is 0 Å². The van der Waals surface area contributed by atoms with E-state index in [0.717, 1.165) is 23.0 Å². The lowest BCUT2D eigenvalue weighted by Crippen LogP contribution is -2.15. The molecule has 1 aliphatic rings. The smallest absolute Gasteiger partial charge is 0.126 e. The number of imidazole rings is 1. The van der Waals surface area contributed by atoms with Crippen LogP contribution in [0.4, 0.5) is 5.82 Å². The van der Waals surface area contributed by atoms with Crippen LogP contribution in [0.3, 0.4) is 0 Å². The summed E-state index contributed by atoms with van der Waals surface area (Å²) in [4.78, 5) is 8.92. The van der Waals surface area contributed by atoms with Gasteiger partial charge in [0, 0.05) is 12.2 Å². The van der Waals surface area contributed by atoms with Crippen LogP contribution in [-0.4, -0.2) is 20.6 Å². The Kier molecular flexibility index (Phi) is 3.23. The highest BCUT2D eigenvalue weighted by Gasteiger charge is 2.14. The molecule has 100 valence electrons. The Hall–Kier alpha value is -1.84. The topological polar surface area (TPSA) is 42.7 Å². The molecule has 2 aromatic heterocycles. The van der Waals surface area contributed by atoms with Crippen molar-refractivity contribution in [2.45, 2.75) is 45.6 Å². The molecule has 0 bridgehead atoms. The number of hydrogen-bond donors (Lipinski definition) is 1. The number of anilines is 1. The van der Waals surface area contributed by atoms with Gasteiger partial charge in [-0.2, -0.15) is 0 Å². The molecule has 1 fully saturated rings. The third kappa shape index (κ3) is 2.62. The zero-order valence-electron chi connectivity index (χ0n) is 11.6. The first-order chi connectivity index (χ1) is 9.22. The van der Waals surface area contributed by atoms with E-state index in [2.05, 4.69) is 32.0 Å². The van der Waals surface area contributed by atoms with Gasteiger partial charge in [-0.3, -0.25) is 0 Å². The van der Waals surface area contributed by atoms with Gasteiger partial charge in [-0.1, -0.05) is 12.8 Å². The highest BCUT2D eigenvalue weighted by atomic mass is 15.1. The van der Waals surface area contributed by atoms with Crippen molar-refractivity contribution >= 4 is 5.82 Å². The van der Waals surface area contributed by atoms with Crippen LogP contribution in [-0.2, 0) is 0 Å². The Morgan fingerprint density at radius 1 is 1.21 bits per heavy atom. The largest absolute Gasteiger partial charge is 0.367 e. The van der Waals surface area contributed by atoms with Gasteiger partial charge in [0.2, 0.25) is 0 Å². The summed E-state index contributed by atoms with van der Waals surface area (Å²) < 4.78 is 2.07. The summed E-state index contributed by atoms with van der Waals surface area (Å²) in [5.74, 6) is 1.97. The molecule has 0 unspecified atom stereocenters. The van der Waals surface area contributed by atoms with Gasteiger partial charge >= 0.3 is 0 Å². The fourth-order valence-corrected chi connectivity index (χ4v) is 2.77. The highest BCUT2D eigenvalue weighted by Crippen LogP contribution is 2.22. The molecule has 0 spiro atoms. The first-order valence-electron chi connectivity index (χ1n) is 6.98. The minimum atomic E-state index is 0.607. The molecular formula is C15H20N4. The third-order valence-electron chi connectivity index (χ3n) is 3.74. The molecule has 1 saturated carbocycles. The van der Waals surface area contributed by atoms with Crippen molar-refractivity contribution < 1.29 is 0 Å². The number of aryl methyl sites for hydroxylation is 2. The molecule has 0 aliphatic heterocycles. The van der Waals surface area contributed by atoms with Crippen LogP contribution in [0.15, 0.2) is 24.5 Å². The number of nitrogens with zero attached hydrogens (tertiary/aromatic N) is 3. The summed E-state index contributed by atoms with van der Waals surface area (Å²) in [6.07, 6.45) is 9.15. The number of pyridine rings is 1. The molecule has 2 heterocycles. The average molecular weight is 256 g/mol. The second kappa shape index (κ2) is 5.03. The van der Waals surface area contributed by atoms with Crippen LogP contribution in [0.25, 0.3) is 5.69 Å². The minimum absolute atomic E-state index is 0.607. The molecular weight excluding hydrogens is 236 g/mol. The van der Waals surface area contributed by atoms with Crippen molar-refractivity contribution in [2.75, 3.05) is 5.32 Å². The van der Waals surface area contributed by atoms with Crippen molar-refractivity contribution in [3.63, 3.8) is 0 Å². The fraction of sp³-hybridized carbons (Fsp3) is 0.467. The van der Waals surface area contributed by atoms with Gasteiger partial charge < -0.3 is 9.88 Å². The van der Waals surface area contributed by atoms with E-state index in [1.54, 1.807) is 0 Å². The highest BCUT2D eigenvalue weighted by molar-refractivity contribution is 5.42. The van der Waals surface area contributed by atoms with Gasteiger partial charge in [0.05, 0.1) is 17.6 Å². The molecule has 4 heteroatoms. The maximum absolute atomic E-state index is 4.51. The maximum Gasteiger partial charge on any atom is 0.126 e. The molecule has 3 rings (SSSR count). The molecule has 0 atom stereocenters. The van der Waals surface area contributed by atoms with Gasteiger partial charge in [0.25, 0.3) is 0 Å². The van der Waals surface area contributed by atoms with E-state index in [9.17, 15) is 0 Å². The fourth-order valence-electron chi connectivity index (χ4n) is 2.77. The van der Waals surface area contributed by atoms with Gasteiger partial charge in [-0.05, 0) is 38.8 Å². The molecule has 0 aromatic carbocycles. The second-order valence-electron chi connectivity index (χ2n) is 5.33. The minimum Gasteiger partial charge on any atom is -0.367 e. The zero-order chi connectivity index (χ0) is 13.2. The quantitative estimate of drug-likeness (QED) is 0.916. The first kappa shape index (κ1) is 12.2. The number of hydrogen-bond acceptors (Lipinski definition) is 3. The van der Waals surface area contributed by atoms with Gasteiger partial charge in [0.15, 0.2) is 0 Å². The predicted octanol–water partition coefficient (Wildman–Crippen LogP) is 3.24. The normalized spacial score (nSPS) is 15.9. The molecule has 4 nitrogen and oxygen atoms in total. The zero-order valence-corrected chi connectivity index (χ0v) is 11.6. The summed E-state index contributed by atoms with van der Waals surface area (Å²) in [5, 5.41) is 3.50. The molecule has 1 N–H and O–H groups in total. The number of nitrogens with one attached hydrogen (secondary N) is 1. The maximum atomic E-state index is 4.51. The Morgan fingerprint density at radius 3 is 2.58 bits per heavy atom. The second-order valence-corrected chi connectivity index (χ2v) is 5.33. The summed E-state index contributed by atoms with van der Waals surface area (Å²) >= 11 is 0. The summed E-state index contributed by atoms with van der Waals surface area (Å²) in [7, 11) is 0. The van der Waals surface area contributed by atoms with Crippen molar-refractivity contribution in [1.29, 1.82) is 0 Å². The van der Waals surface area contributed by atoms with Crippen LogP contribution >= 0.6 is 0 Å². The Balaban J connectivity index is 1.76. The van der Waals surface area contributed by atoms with Crippen LogP contribution in [0.1, 0.15) is 37.2 Å². The number of aromatic nitrogens is 3. The Morgan fingerprint density at radius 2 is 2.00 bits per heavy atom. The van der Waals surface area contributed by atoms with Crippen LogP contribution < -0.4 is 5.32 Å². The van der Waals surface area contributed by atoms with Crippen molar-refractivity contribution in [1.82, 2.24) is 14.5 Å². The molecule has 0 saturated heterocycles. The standard InChI is InChI=1S/C15H20N4/c1-11-10-19(12(2)17-11)14-7-8-15(16-9-14)18-13-5-3-4-6-13/h7-10,13H,3-6H2,1-2H3,(H,16,18). The van der Waals surface area contributed by atoms with Crippen molar-refractivity contribution in [2.24, 2.45) is 0 Å². The summed E-state index contributed by atoms with van der Waals surface area (Å²) in [6.45, 7) is 4.02. The Bertz CT molecular complexity index is 550. The van der Waals surface area contributed by atoms with E-state index in [4.69, 9.17) is 0 Å². The van der Waals surface area contributed by atoms with Crippen LogP contribution in [0.2, 0.25) is 0 Å². The molecule has 19 heavy (non-hydrogen) atoms. The number of rotatable bonds is 3. The lowest BCUT2D eigenvalue weighted by molar-refractivity contribution is 0.750.